The van der Waals surface area contributed by atoms with Crippen molar-refractivity contribution in [2.24, 2.45) is 0 Å². The first-order valence-electron chi connectivity index (χ1n) is 11.2. The van der Waals surface area contributed by atoms with Crippen molar-refractivity contribution in [3.05, 3.63) is 87.8 Å². The van der Waals surface area contributed by atoms with Gasteiger partial charge in [-0.1, -0.05) is 41.9 Å². The highest BCUT2D eigenvalue weighted by Gasteiger charge is 2.30. The zero-order chi connectivity index (χ0) is 24.8. The smallest absolute Gasteiger partial charge is 0.337 e. The summed E-state index contributed by atoms with van der Waals surface area (Å²) in [5.74, 6) is -0.378. The quantitative estimate of drug-likeness (QED) is 0.377. The maximum Gasteiger partial charge on any atom is 0.337 e. The van der Waals surface area contributed by atoms with Crippen molar-refractivity contribution < 1.29 is 22.7 Å². The maximum absolute atomic E-state index is 12.8. The van der Waals surface area contributed by atoms with Gasteiger partial charge < -0.3 is 9.47 Å². The number of thiophene rings is 1. The van der Waals surface area contributed by atoms with Crippen molar-refractivity contribution in [1.82, 2.24) is 9.21 Å². The fraction of sp³-hybridized carbons (Fsp3) is 0.320. The van der Waals surface area contributed by atoms with Crippen LogP contribution in [0.3, 0.4) is 0 Å². The van der Waals surface area contributed by atoms with E-state index in [0.29, 0.717) is 54.1 Å². The van der Waals surface area contributed by atoms with Crippen LogP contribution >= 0.6 is 22.9 Å². The van der Waals surface area contributed by atoms with Crippen molar-refractivity contribution in [2.45, 2.75) is 16.9 Å². The van der Waals surface area contributed by atoms with Crippen molar-refractivity contribution in [3.63, 3.8) is 0 Å². The van der Waals surface area contributed by atoms with E-state index in [1.165, 1.54) is 18.4 Å². The molecule has 0 aliphatic carbocycles. The van der Waals surface area contributed by atoms with Gasteiger partial charge in [0.1, 0.15) is 4.21 Å². The number of carbonyl (C=O) groups is 1. The Hall–Kier alpha value is -2.27. The molecule has 186 valence electrons. The van der Waals surface area contributed by atoms with Crippen molar-refractivity contribution in [2.75, 3.05) is 39.8 Å². The number of esters is 1. The second-order valence-electron chi connectivity index (χ2n) is 8.18. The second kappa shape index (κ2) is 11.6. The van der Waals surface area contributed by atoms with Gasteiger partial charge in [0.25, 0.3) is 10.0 Å². The largest absolute Gasteiger partial charge is 0.465 e. The van der Waals surface area contributed by atoms with E-state index in [0.717, 1.165) is 11.1 Å². The summed E-state index contributed by atoms with van der Waals surface area (Å²) in [7, 11) is -2.08. The number of piperazine rings is 1. The second-order valence-corrected chi connectivity index (χ2v) is 11.7. The first-order valence-corrected chi connectivity index (χ1v) is 13.9. The van der Waals surface area contributed by atoms with Gasteiger partial charge in [-0.3, -0.25) is 4.90 Å². The van der Waals surface area contributed by atoms with E-state index in [2.05, 4.69) is 4.90 Å². The van der Waals surface area contributed by atoms with Crippen LogP contribution in [0.15, 0.2) is 70.3 Å². The number of nitrogens with zero attached hydrogens (tertiary/aromatic N) is 2. The van der Waals surface area contributed by atoms with Gasteiger partial charge in [0.15, 0.2) is 0 Å². The van der Waals surface area contributed by atoms with Crippen LogP contribution in [0.5, 0.6) is 0 Å². The molecule has 0 radical (unpaired) electrons. The highest BCUT2D eigenvalue weighted by Crippen LogP contribution is 2.25. The number of benzene rings is 2. The average molecular weight is 535 g/mol. The van der Waals surface area contributed by atoms with Gasteiger partial charge in [-0.05, 0) is 46.8 Å². The molecular formula is C25H27ClN2O5S2. The highest BCUT2D eigenvalue weighted by atomic mass is 35.5. The van der Waals surface area contributed by atoms with E-state index in [9.17, 15) is 13.2 Å². The Morgan fingerprint density at radius 1 is 1.03 bits per heavy atom. The number of hydrogen-bond acceptors (Lipinski definition) is 7. The Labute approximate surface area is 214 Å². The van der Waals surface area contributed by atoms with E-state index in [4.69, 9.17) is 21.1 Å². The van der Waals surface area contributed by atoms with Crippen LogP contribution in [0.25, 0.3) is 0 Å². The Kier molecular flexibility index (Phi) is 8.59. The number of sulfonamides is 1. The monoisotopic (exact) mass is 534 g/mol. The Morgan fingerprint density at radius 3 is 2.31 bits per heavy atom. The van der Waals surface area contributed by atoms with Crippen molar-refractivity contribution in [1.29, 1.82) is 0 Å². The molecule has 1 aromatic heterocycles. The number of hydrogen-bond donors (Lipinski definition) is 0. The molecule has 2 heterocycles. The molecule has 1 aliphatic heterocycles. The van der Waals surface area contributed by atoms with Crippen LogP contribution in [-0.2, 0) is 26.1 Å². The molecule has 0 N–H and O–H groups in total. The van der Waals surface area contributed by atoms with Crippen molar-refractivity contribution in [3.8, 4) is 0 Å². The van der Waals surface area contributed by atoms with Gasteiger partial charge in [-0.2, -0.15) is 4.31 Å². The lowest BCUT2D eigenvalue weighted by Crippen LogP contribution is -2.49. The number of carbonyl (C=O) groups excluding carboxylic acids is 1. The minimum Gasteiger partial charge on any atom is -0.465 e. The summed E-state index contributed by atoms with van der Waals surface area (Å²) in [6.45, 7) is 3.08. The minimum absolute atomic E-state index is 0.229. The molecule has 1 atom stereocenters. The van der Waals surface area contributed by atoms with Gasteiger partial charge >= 0.3 is 5.97 Å². The molecule has 1 aliphatic rings. The topological polar surface area (TPSA) is 76.2 Å². The molecule has 0 bridgehead atoms. The molecule has 2 aromatic carbocycles. The normalized spacial score (nSPS) is 16.2. The lowest BCUT2D eigenvalue weighted by molar-refractivity contribution is 0.00772. The fourth-order valence-corrected chi connectivity index (χ4v) is 6.60. The molecule has 0 unspecified atom stereocenters. The van der Waals surface area contributed by atoms with E-state index >= 15 is 0 Å². The van der Waals surface area contributed by atoms with Crippen LogP contribution in [-0.4, -0.2) is 63.4 Å². The molecule has 4 rings (SSSR count). The Balaban J connectivity index is 1.40. The van der Waals surface area contributed by atoms with E-state index in [-0.39, 0.29) is 12.1 Å². The summed E-state index contributed by atoms with van der Waals surface area (Å²) in [6, 6.07) is 18.1. The first-order chi connectivity index (χ1) is 16.9. The number of ether oxygens (including phenoxy) is 2. The number of methoxy groups -OCH3 is 1. The predicted molar refractivity (Wildman–Crippen MR) is 136 cm³/mol. The van der Waals surface area contributed by atoms with Crippen LogP contribution in [0.2, 0.25) is 5.02 Å². The summed E-state index contributed by atoms with van der Waals surface area (Å²) in [6.07, 6.45) is -0.229. The summed E-state index contributed by atoms with van der Waals surface area (Å²) in [5.41, 5.74) is 2.42. The summed E-state index contributed by atoms with van der Waals surface area (Å²) in [4.78, 5) is 13.9. The Morgan fingerprint density at radius 2 is 1.71 bits per heavy atom. The molecule has 1 saturated heterocycles. The van der Waals surface area contributed by atoms with Crippen LogP contribution in [0.4, 0.5) is 0 Å². The van der Waals surface area contributed by atoms with Gasteiger partial charge in [0, 0.05) is 37.7 Å². The SMILES string of the molecule is COC(=O)c1ccc(CO[C@H](CN2CCN(S(=O)(=O)c3cccs3)CC2)c2ccc(Cl)cc2)cc1. The highest BCUT2D eigenvalue weighted by molar-refractivity contribution is 7.91. The van der Waals surface area contributed by atoms with Crippen LogP contribution in [0.1, 0.15) is 27.6 Å². The molecule has 0 saturated carbocycles. The van der Waals surface area contributed by atoms with Gasteiger partial charge in [-0.15, -0.1) is 11.3 Å². The van der Waals surface area contributed by atoms with Crippen LogP contribution < -0.4 is 0 Å². The van der Waals surface area contributed by atoms with Crippen molar-refractivity contribution >= 4 is 38.9 Å². The third kappa shape index (κ3) is 6.49. The molecule has 10 heteroatoms. The van der Waals surface area contributed by atoms with Gasteiger partial charge in [-0.25, -0.2) is 13.2 Å². The third-order valence-corrected chi connectivity index (χ3v) is 9.44. The Bertz CT molecular complexity index is 1210. The molecular weight excluding hydrogens is 508 g/mol. The van der Waals surface area contributed by atoms with Crippen LogP contribution in [0, 0.1) is 0 Å². The van der Waals surface area contributed by atoms with Gasteiger partial charge in [0.05, 0.1) is 25.4 Å². The minimum atomic E-state index is -3.44. The molecule has 35 heavy (non-hydrogen) atoms. The van der Waals surface area contributed by atoms with E-state index in [1.807, 2.05) is 36.4 Å². The summed E-state index contributed by atoms with van der Waals surface area (Å²) >= 11 is 7.33. The predicted octanol–water partition coefficient (Wildman–Crippen LogP) is 4.45. The lowest BCUT2D eigenvalue weighted by Gasteiger charge is -2.35. The van der Waals surface area contributed by atoms with E-state index in [1.54, 1.807) is 34.0 Å². The average Bonchev–Trinajstić information content (AvgIpc) is 3.43. The summed E-state index contributed by atoms with van der Waals surface area (Å²) < 4.78 is 38.6. The third-order valence-electron chi connectivity index (χ3n) is 5.91. The molecule has 1 fully saturated rings. The molecule has 7 nitrogen and oxygen atoms in total. The number of rotatable bonds is 9. The lowest BCUT2D eigenvalue weighted by atomic mass is 10.1. The first kappa shape index (κ1) is 25.8. The van der Waals surface area contributed by atoms with E-state index < -0.39 is 10.0 Å². The number of halogens is 1. The zero-order valence-electron chi connectivity index (χ0n) is 19.3. The molecule has 0 spiro atoms. The van der Waals surface area contributed by atoms with Gasteiger partial charge in [0.2, 0.25) is 0 Å². The zero-order valence-corrected chi connectivity index (χ0v) is 21.7. The molecule has 0 amide bonds. The fourth-order valence-electron chi connectivity index (χ4n) is 3.91. The molecule has 3 aromatic rings. The standard InChI is InChI=1S/C25H27ClN2O5S2/c1-32-25(29)21-6-4-19(5-7-21)18-33-23(20-8-10-22(26)11-9-20)17-27-12-14-28(15-13-27)35(30,31)24-3-2-16-34-24/h2-11,16,23H,12-15,17-18H2,1H3/t23-/m1/s1. The maximum atomic E-state index is 12.8. The summed E-state index contributed by atoms with van der Waals surface area (Å²) in [5, 5.41) is 2.43.